The second-order valence-electron chi connectivity index (χ2n) is 5.08. The molecule has 0 spiro atoms. The van der Waals surface area contributed by atoms with Crippen molar-refractivity contribution in [2.75, 3.05) is 12.4 Å². The van der Waals surface area contributed by atoms with E-state index in [0.29, 0.717) is 11.3 Å². The van der Waals surface area contributed by atoms with E-state index in [1.54, 1.807) is 12.1 Å². The van der Waals surface area contributed by atoms with Gasteiger partial charge in [-0.1, -0.05) is 24.3 Å². The molecule has 2 N–H and O–H groups in total. The van der Waals surface area contributed by atoms with E-state index in [0.717, 1.165) is 12.0 Å². The molecule has 0 unspecified atom stereocenters. The number of benzene rings is 1. The van der Waals surface area contributed by atoms with Crippen LogP contribution in [0.5, 0.6) is 0 Å². The van der Waals surface area contributed by atoms with E-state index >= 15 is 0 Å². The molecule has 0 radical (unpaired) electrons. The van der Waals surface area contributed by atoms with Crippen LogP contribution in [0.25, 0.3) is 0 Å². The van der Waals surface area contributed by atoms with E-state index in [1.807, 2.05) is 18.2 Å². The molecule has 0 bridgehead atoms. The summed E-state index contributed by atoms with van der Waals surface area (Å²) < 4.78 is 4.77. The number of carboxylic acids is 1. The van der Waals surface area contributed by atoms with Crippen LogP contribution in [-0.2, 0) is 9.53 Å². The van der Waals surface area contributed by atoms with Gasteiger partial charge in [-0.25, -0.2) is 9.59 Å². The molecule has 104 valence electrons. The van der Waals surface area contributed by atoms with Crippen LogP contribution in [0, 0.1) is 5.92 Å². The Morgan fingerprint density at radius 1 is 1.40 bits per heavy atom. The minimum atomic E-state index is -0.894. The summed E-state index contributed by atoms with van der Waals surface area (Å²) in [6, 6.07) is 4.70. The fourth-order valence-electron chi connectivity index (χ4n) is 3.15. The van der Waals surface area contributed by atoms with Gasteiger partial charge in [0.1, 0.15) is 6.04 Å². The average molecular weight is 273 g/mol. The Kier molecular flexibility index (Phi) is 2.97. The molecule has 3 atom stereocenters. The molecule has 1 heterocycles. The van der Waals surface area contributed by atoms with Crippen molar-refractivity contribution in [2.45, 2.75) is 18.4 Å². The lowest BCUT2D eigenvalue weighted by molar-refractivity contribution is -0.139. The zero-order valence-corrected chi connectivity index (χ0v) is 11.0. The SMILES string of the molecule is COC(=O)c1cccc2c1N[C@@H](C(=O)O)[C@H]1CC=C[C@@H]21. The summed E-state index contributed by atoms with van der Waals surface area (Å²) in [5, 5.41) is 12.4. The fraction of sp³-hybridized carbons (Fsp3) is 0.333. The molecule has 3 rings (SSSR count). The number of ether oxygens (including phenoxy) is 1. The minimum Gasteiger partial charge on any atom is -0.480 e. The lowest BCUT2D eigenvalue weighted by Gasteiger charge is -2.35. The van der Waals surface area contributed by atoms with Crippen molar-refractivity contribution < 1.29 is 19.4 Å². The molecule has 1 aliphatic carbocycles. The summed E-state index contributed by atoms with van der Waals surface area (Å²) in [5.74, 6) is -1.32. The Balaban J connectivity index is 2.12. The predicted molar refractivity (Wildman–Crippen MR) is 72.8 cm³/mol. The number of hydrogen-bond donors (Lipinski definition) is 2. The maximum absolute atomic E-state index is 11.8. The first-order valence-corrected chi connectivity index (χ1v) is 6.50. The predicted octanol–water partition coefficient (Wildman–Crippen LogP) is 2.01. The number of carboxylic acid groups (broad SMARTS) is 1. The van der Waals surface area contributed by atoms with Crippen LogP contribution < -0.4 is 5.32 Å². The molecule has 0 saturated heterocycles. The fourth-order valence-corrected chi connectivity index (χ4v) is 3.15. The van der Waals surface area contributed by atoms with Gasteiger partial charge in [0.2, 0.25) is 0 Å². The molecule has 20 heavy (non-hydrogen) atoms. The van der Waals surface area contributed by atoms with Crippen molar-refractivity contribution in [3.8, 4) is 0 Å². The van der Waals surface area contributed by atoms with E-state index in [9.17, 15) is 14.7 Å². The van der Waals surface area contributed by atoms with Crippen molar-refractivity contribution in [2.24, 2.45) is 5.92 Å². The third kappa shape index (κ3) is 1.78. The molecule has 0 saturated carbocycles. The van der Waals surface area contributed by atoms with Gasteiger partial charge in [-0.2, -0.15) is 0 Å². The number of anilines is 1. The molecule has 0 fully saturated rings. The van der Waals surface area contributed by atoms with Gasteiger partial charge in [-0.3, -0.25) is 0 Å². The summed E-state index contributed by atoms with van der Waals surface area (Å²) in [5.41, 5.74) is 1.93. The van der Waals surface area contributed by atoms with Gasteiger partial charge in [0.15, 0.2) is 0 Å². The minimum absolute atomic E-state index is 0.00658. The Morgan fingerprint density at radius 3 is 2.90 bits per heavy atom. The summed E-state index contributed by atoms with van der Waals surface area (Å²) in [6.45, 7) is 0. The smallest absolute Gasteiger partial charge is 0.339 e. The van der Waals surface area contributed by atoms with Crippen LogP contribution in [0.4, 0.5) is 5.69 Å². The number of aliphatic carboxylic acids is 1. The second kappa shape index (κ2) is 4.67. The van der Waals surface area contributed by atoms with Crippen molar-refractivity contribution in [3.05, 3.63) is 41.5 Å². The van der Waals surface area contributed by atoms with Gasteiger partial charge in [-0.15, -0.1) is 0 Å². The number of methoxy groups -OCH3 is 1. The van der Waals surface area contributed by atoms with Crippen LogP contribution in [0.3, 0.4) is 0 Å². The molecule has 1 aliphatic heterocycles. The number of para-hydroxylation sites is 1. The van der Waals surface area contributed by atoms with Gasteiger partial charge in [0, 0.05) is 11.8 Å². The molecule has 1 aromatic carbocycles. The average Bonchev–Trinajstić information content (AvgIpc) is 2.94. The number of carbonyl (C=O) groups excluding carboxylic acids is 1. The third-order valence-electron chi connectivity index (χ3n) is 4.07. The Bertz CT molecular complexity index is 608. The summed E-state index contributed by atoms with van der Waals surface area (Å²) >= 11 is 0. The normalized spacial score (nSPS) is 26.4. The van der Waals surface area contributed by atoms with Crippen LogP contribution in [-0.4, -0.2) is 30.2 Å². The van der Waals surface area contributed by atoms with E-state index in [2.05, 4.69) is 5.32 Å². The highest BCUT2D eigenvalue weighted by Gasteiger charge is 2.41. The van der Waals surface area contributed by atoms with Gasteiger partial charge < -0.3 is 15.2 Å². The van der Waals surface area contributed by atoms with Crippen molar-refractivity contribution >= 4 is 17.6 Å². The number of nitrogens with one attached hydrogen (secondary N) is 1. The molecule has 1 aromatic rings. The zero-order chi connectivity index (χ0) is 14.3. The molecule has 2 aliphatic rings. The molecule has 5 heteroatoms. The number of hydrogen-bond acceptors (Lipinski definition) is 4. The summed E-state index contributed by atoms with van der Waals surface area (Å²) in [7, 11) is 1.32. The Morgan fingerprint density at radius 2 is 2.20 bits per heavy atom. The maximum atomic E-state index is 11.8. The topological polar surface area (TPSA) is 75.6 Å². The molecular formula is C15H15NO4. The first-order valence-electron chi connectivity index (χ1n) is 6.50. The van der Waals surface area contributed by atoms with Crippen LogP contribution >= 0.6 is 0 Å². The number of allylic oxidation sites excluding steroid dienone is 2. The maximum Gasteiger partial charge on any atom is 0.339 e. The highest BCUT2D eigenvalue weighted by molar-refractivity contribution is 5.98. The van der Waals surface area contributed by atoms with Crippen LogP contribution in [0.2, 0.25) is 0 Å². The largest absolute Gasteiger partial charge is 0.480 e. The number of esters is 1. The van der Waals surface area contributed by atoms with Gasteiger partial charge in [0.05, 0.1) is 18.4 Å². The highest BCUT2D eigenvalue weighted by Crippen LogP contribution is 2.45. The third-order valence-corrected chi connectivity index (χ3v) is 4.07. The van der Waals surface area contributed by atoms with E-state index in [4.69, 9.17) is 4.74 Å². The van der Waals surface area contributed by atoms with Crippen LogP contribution in [0.1, 0.15) is 28.3 Å². The van der Waals surface area contributed by atoms with Gasteiger partial charge >= 0.3 is 11.9 Å². The second-order valence-corrected chi connectivity index (χ2v) is 5.08. The molecular weight excluding hydrogens is 258 g/mol. The van der Waals surface area contributed by atoms with Gasteiger partial charge in [-0.05, 0) is 18.1 Å². The summed E-state index contributed by atoms with van der Waals surface area (Å²) in [4.78, 5) is 23.3. The monoisotopic (exact) mass is 273 g/mol. The Hall–Kier alpha value is -2.30. The van der Waals surface area contributed by atoms with E-state index in [-0.39, 0.29) is 11.8 Å². The van der Waals surface area contributed by atoms with Crippen molar-refractivity contribution in [3.63, 3.8) is 0 Å². The lowest BCUT2D eigenvalue weighted by atomic mass is 9.78. The zero-order valence-electron chi connectivity index (χ0n) is 11.0. The molecule has 0 amide bonds. The Labute approximate surface area is 116 Å². The number of carbonyl (C=O) groups is 2. The van der Waals surface area contributed by atoms with Crippen LogP contribution in [0.15, 0.2) is 30.4 Å². The highest BCUT2D eigenvalue weighted by atomic mass is 16.5. The first kappa shape index (κ1) is 12.7. The van der Waals surface area contributed by atoms with E-state index < -0.39 is 18.0 Å². The molecule has 0 aromatic heterocycles. The number of rotatable bonds is 2. The summed E-state index contributed by atoms with van der Waals surface area (Å²) in [6.07, 6.45) is 4.77. The van der Waals surface area contributed by atoms with Crippen molar-refractivity contribution in [1.29, 1.82) is 0 Å². The van der Waals surface area contributed by atoms with Crippen molar-refractivity contribution in [1.82, 2.24) is 0 Å². The standard InChI is InChI=1S/C15H15NO4/c1-20-15(19)11-7-3-5-9-8-4-2-6-10(8)13(14(17)18)16-12(9)11/h2-5,7-8,10,13,16H,6H2,1H3,(H,17,18)/t8-,10-,13+/m0/s1. The lowest BCUT2D eigenvalue weighted by Crippen LogP contribution is -2.42. The quantitative estimate of drug-likeness (QED) is 0.637. The van der Waals surface area contributed by atoms with Gasteiger partial charge in [0.25, 0.3) is 0 Å². The molecule has 5 nitrogen and oxygen atoms in total. The van der Waals surface area contributed by atoms with E-state index in [1.165, 1.54) is 7.11 Å². The first-order chi connectivity index (χ1) is 9.63. The number of fused-ring (bicyclic) bond motifs is 3.